The number of nitrogens with one attached hydrogen (secondary N) is 2. The minimum atomic E-state index is -0.927. The summed E-state index contributed by atoms with van der Waals surface area (Å²) in [5.41, 5.74) is 1.33. The van der Waals surface area contributed by atoms with E-state index in [1.807, 2.05) is 0 Å². The summed E-state index contributed by atoms with van der Waals surface area (Å²) in [7, 11) is 0. The number of H-pyrrole nitrogens is 1. The number of hydrogen-bond donors (Lipinski definition) is 2. The molecule has 1 amide bonds. The highest BCUT2D eigenvalue weighted by molar-refractivity contribution is 5.89. The lowest BCUT2D eigenvalue weighted by molar-refractivity contribution is -0.116. The number of amides is 1. The zero-order valence-corrected chi connectivity index (χ0v) is 12.5. The average molecular weight is 329 g/mol. The first-order valence-electron chi connectivity index (χ1n) is 7.18. The van der Waals surface area contributed by atoms with Gasteiger partial charge in [0.25, 0.3) is 0 Å². The smallest absolute Gasteiger partial charge is 0.249 e. The molecule has 0 saturated carbocycles. The lowest BCUT2D eigenvalue weighted by atomic mass is 10.1. The minimum Gasteiger partial charge on any atom is -0.293 e. The van der Waals surface area contributed by atoms with E-state index in [1.54, 1.807) is 24.5 Å². The van der Waals surface area contributed by atoms with E-state index in [2.05, 4.69) is 25.5 Å². The molecule has 2 aromatic heterocycles. The monoisotopic (exact) mass is 329 g/mol. The molecule has 24 heavy (non-hydrogen) atoms. The van der Waals surface area contributed by atoms with Crippen molar-refractivity contribution >= 4 is 11.9 Å². The normalized spacial score (nSPS) is 10.6. The molecule has 8 heteroatoms. The van der Waals surface area contributed by atoms with Crippen molar-refractivity contribution in [3.63, 3.8) is 0 Å². The van der Waals surface area contributed by atoms with E-state index < -0.39 is 11.6 Å². The summed E-state index contributed by atoms with van der Waals surface area (Å²) < 4.78 is 26.0. The lowest BCUT2D eigenvalue weighted by Gasteiger charge is -2.02. The van der Waals surface area contributed by atoms with Crippen LogP contribution < -0.4 is 5.32 Å². The molecule has 6 nitrogen and oxygen atoms in total. The Hall–Kier alpha value is -3.16. The minimum absolute atomic E-state index is 0.101. The number of benzene rings is 1. The molecule has 0 aliphatic rings. The van der Waals surface area contributed by atoms with Gasteiger partial charge < -0.3 is 0 Å². The van der Waals surface area contributed by atoms with Crippen molar-refractivity contribution in [2.45, 2.75) is 12.8 Å². The second-order valence-electron chi connectivity index (χ2n) is 5.04. The first-order chi connectivity index (χ1) is 11.6. The van der Waals surface area contributed by atoms with Gasteiger partial charge in [-0.2, -0.15) is 4.98 Å². The quantitative estimate of drug-likeness (QED) is 0.754. The first-order valence-corrected chi connectivity index (χ1v) is 7.18. The summed E-state index contributed by atoms with van der Waals surface area (Å²) in [4.78, 5) is 20.0. The highest BCUT2D eigenvalue weighted by atomic mass is 19.2. The predicted molar refractivity (Wildman–Crippen MR) is 82.9 cm³/mol. The largest absolute Gasteiger partial charge is 0.293 e. The van der Waals surface area contributed by atoms with Crippen molar-refractivity contribution in [3.8, 4) is 11.4 Å². The summed E-state index contributed by atoms with van der Waals surface area (Å²) in [6.45, 7) is 0. The molecule has 0 radical (unpaired) electrons. The van der Waals surface area contributed by atoms with Crippen molar-refractivity contribution < 1.29 is 13.6 Å². The summed E-state index contributed by atoms with van der Waals surface area (Å²) in [5, 5.41) is 9.19. The van der Waals surface area contributed by atoms with E-state index >= 15 is 0 Å². The van der Waals surface area contributed by atoms with E-state index in [-0.39, 0.29) is 24.7 Å². The van der Waals surface area contributed by atoms with Crippen molar-refractivity contribution in [2.24, 2.45) is 0 Å². The predicted octanol–water partition coefficient (Wildman–Crippen LogP) is 2.72. The van der Waals surface area contributed by atoms with Crippen molar-refractivity contribution in [1.29, 1.82) is 0 Å². The SMILES string of the molecule is O=C(CCc1ccc(F)c(F)c1)Nc1n[nH]c(-c2ccncc2)n1. The number of nitrogens with zero attached hydrogens (tertiary/aromatic N) is 3. The van der Waals surface area contributed by atoms with Crippen molar-refractivity contribution in [1.82, 2.24) is 20.2 Å². The number of hydrogen-bond acceptors (Lipinski definition) is 4. The lowest BCUT2D eigenvalue weighted by Crippen LogP contribution is -2.13. The van der Waals surface area contributed by atoms with Gasteiger partial charge in [0.15, 0.2) is 17.5 Å². The van der Waals surface area contributed by atoms with Gasteiger partial charge in [-0.25, -0.2) is 8.78 Å². The molecule has 3 rings (SSSR count). The summed E-state index contributed by atoms with van der Waals surface area (Å²) >= 11 is 0. The zero-order valence-electron chi connectivity index (χ0n) is 12.5. The third-order valence-electron chi connectivity index (χ3n) is 3.32. The third-order valence-corrected chi connectivity index (χ3v) is 3.32. The van der Waals surface area contributed by atoms with Crippen molar-refractivity contribution in [3.05, 3.63) is 59.9 Å². The molecule has 122 valence electrons. The molecular weight excluding hydrogens is 316 g/mol. The number of pyridine rings is 1. The molecule has 0 fully saturated rings. The van der Waals surface area contributed by atoms with Gasteiger partial charge in [0.1, 0.15) is 0 Å². The number of anilines is 1. The van der Waals surface area contributed by atoms with E-state index in [0.717, 1.165) is 17.7 Å². The Balaban J connectivity index is 1.57. The molecule has 2 N–H and O–H groups in total. The van der Waals surface area contributed by atoms with Gasteiger partial charge in [0.2, 0.25) is 11.9 Å². The maximum atomic E-state index is 13.1. The molecule has 0 atom stereocenters. The zero-order chi connectivity index (χ0) is 16.9. The summed E-state index contributed by atoms with van der Waals surface area (Å²) in [6.07, 6.45) is 3.63. The number of carbonyl (C=O) groups is 1. The van der Waals surface area contributed by atoms with Crippen LogP contribution in [0.4, 0.5) is 14.7 Å². The molecular formula is C16H13F2N5O. The first kappa shape index (κ1) is 15.7. The van der Waals surface area contributed by atoms with Crippen LogP contribution >= 0.6 is 0 Å². The van der Waals surface area contributed by atoms with Crippen LogP contribution in [0.2, 0.25) is 0 Å². The molecule has 3 aromatic rings. The van der Waals surface area contributed by atoms with Crippen LogP contribution in [-0.2, 0) is 11.2 Å². The maximum Gasteiger partial charge on any atom is 0.249 e. The second kappa shape index (κ2) is 6.95. The van der Waals surface area contributed by atoms with Gasteiger partial charge in [-0.05, 0) is 36.2 Å². The Labute approximate surface area is 136 Å². The highest BCUT2D eigenvalue weighted by Gasteiger charge is 2.10. The molecule has 0 saturated heterocycles. The van der Waals surface area contributed by atoms with Crippen LogP contribution in [0.5, 0.6) is 0 Å². The third kappa shape index (κ3) is 3.78. The molecule has 0 unspecified atom stereocenters. The Morgan fingerprint density at radius 1 is 1.12 bits per heavy atom. The maximum absolute atomic E-state index is 13.1. The van der Waals surface area contributed by atoms with E-state index in [9.17, 15) is 13.6 Å². The second-order valence-corrected chi connectivity index (χ2v) is 5.04. The van der Waals surface area contributed by atoms with Crippen LogP contribution in [-0.4, -0.2) is 26.1 Å². The topological polar surface area (TPSA) is 83.6 Å². The number of rotatable bonds is 5. The fourth-order valence-corrected chi connectivity index (χ4v) is 2.10. The van der Waals surface area contributed by atoms with Gasteiger partial charge in [0, 0.05) is 24.4 Å². The van der Waals surface area contributed by atoms with Gasteiger partial charge in [0.05, 0.1) is 0 Å². The van der Waals surface area contributed by atoms with Crippen molar-refractivity contribution in [2.75, 3.05) is 5.32 Å². The van der Waals surface area contributed by atoms with Gasteiger partial charge in [-0.1, -0.05) is 6.07 Å². The Morgan fingerprint density at radius 2 is 1.92 bits per heavy atom. The number of aryl methyl sites for hydroxylation is 1. The summed E-state index contributed by atoms with van der Waals surface area (Å²) in [6, 6.07) is 7.08. The summed E-state index contributed by atoms with van der Waals surface area (Å²) in [5.74, 6) is -1.50. The van der Waals surface area contributed by atoms with Crippen LogP contribution in [0, 0.1) is 11.6 Å². The Bertz CT molecular complexity index is 851. The standard InChI is InChI=1S/C16H13F2N5O/c17-12-3-1-10(9-13(12)18)2-4-14(24)20-16-21-15(22-23-16)11-5-7-19-8-6-11/h1,3,5-9H,2,4H2,(H2,20,21,22,23,24). The molecule has 0 aliphatic carbocycles. The number of carbonyl (C=O) groups excluding carboxylic acids is 1. The molecule has 0 spiro atoms. The fraction of sp³-hybridized carbons (Fsp3) is 0.125. The van der Waals surface area contributed by atoms with Gasteiger partial charge in [-0.3, -0.25) is 20.2 Å². The van der Waals surface area contributed by atoms with Gasteiger partial charge in [-0.15, -0.1) is 5.10 Å². The van der Waals surface area contributed by atoms with E-state index in [1.165, 1.54) is 6.07 Å². The number of aromatic nitrogens is 4. The Morgan fingerprint density at radius 3 is 2.67 bits per heavy atom. The number of aromatic amines is 1. The fourth-order valence-electron chi connectivity index (χ4n) is 2.10. The van der Waals surface area contributed by atoms with Crippen LogP contribution in [0.1, 0.15) is 12.0 Å². The highest BCUT2D eigenvalue weighted by Crippen LogP contribution is 2.15. The van der Waals surface area contributed by atoms with Gasteiger partial charge >= 0.3 is 0 Å². The van der Waals surface area contributed by atoms with Crippen LogP contribution in [0.3, 0.4) is 0 Å². The van der Waals surface area contributed by atoms with E-state index in [4.69, 9.17) is 0 Å². The van der Waals surface area contributed by atoms with Crippen LogP contribution in [0.25, 0.3) is 11.4 Å². The average Bonchev–Trinajstić information content (AvgIpc) is 3.05. The molecule has 2 heterocycles. The molecule has 0 aliphatic heterocycles. The molecule has 1 aromatic carbocycles. The van der Waals surface area contributed by atoms with Crippen LogP contribution in [0.15, 0.2) is 42.7 Å². The molecule has 0 bridgehead atoms. The van der Waals surface area contributed by atoms with E-state index in [0.29, 0.717) is 11.4 Å². The number of halogens is 2. The Kier molecular flexibility index (Phi) is 4.55.